The van der Waals surface area contributed by atoms with E-state index in [-0.39, 0.29) is 23.5 Å². The van der Waals surface area contributed by atoms with E-state index in [1.165, 1.54) is 33.1 Å². The van der Waals surface area contributed by atoms with Crippen LogP contribution in [0.1, 0.15) is 12.8 Å². The summed E-state index contributed by atoms with van der Waals surface area (Å²) in [6.45, 7) is 3.88. The van der Waals surface area contributed by atoms with Crippen molar-refractivity contribution in [2.24, 2.45) is 0 Å². The first-order chi connectivity index (χ1) is 14.0. The van der Waals surface area contributed by atoms with Crippen LogP contribution in [0.3, 0.4) is 0 Å². The van der Waals surface area contributed by atoms with Gasteiger partial charge in [-0.15, -0.1) is 29.9 Å². The number of tetrazole rings is 1. The maximum absolute atomic E-state index is 12.6. The van der Waals surface area contributed by atoms with E-state index in [1.807, 2.05) is 0 Å². The number of thiocarbonyl (C=S) groups is 1. The summed E-state index contributed by atoms with van der Waals surface area (Å²) >= 11 is 8.05. The summed E-state index contributed by atoms with van der Waals surface area (Å²) in [5.41, 5.74) is 0.664. The zero-order valence-corrected chi connectivity index (χ0v) is 17.7. The quantitative estimate of drug-likeness (QED) is 0.185. The molecule has 1 amide bonds. The Balaban J connectivity index is 1.71. The molecule has 1 aromatic rings. The summed E-state index contributed by atoms with van der Waals surface area (Å²) in [7, 11) is 0. The van der Waals surface area contributed by atoms with Gasteiger partial charge < -0.3 is 10.4 Å². The van der Waals surface area contributed by atoms with Gasteiger partial charge in [0.15, 0.2) is 0 Å². The van der Waals surface area contributed by atoms with Crippen LogP contribution in [0.15, 0.2) is 29.1 Å². The Morgan fingerprint density at radius 1 is 1.59 bits per heavy atom. The summed E-state index contributed by atoms with van der Waals surface area (Å²) in [6, 6.07) is -0.510. The SMILES string of the molecule is C#CCn1nnnc1SCC1=C(C(=O)O)N2C(=O)C(NC(=S)CCC=C)[C@@H]2SC1. The lowest BCUT2D eigenvalue weighted by atomic mass is 10.0. The summed E-state index contributed by atoms with van der Waals surface area (Å²) in [4.78, 5) is 26.5. The lowest BCUT2D eigenvalue weighted by molar-refractivity contribution is -0.148. The third-order valence-electron chi connectivity index (χ3n) is 4.26. The molecule has 2 N–H and O–H groups in total. The van der Waals surface area contributed by atoms with Crippen molar-refractivity contribution in [3.8, 4) is 12.3 Å². The summed E-state index contributed by atoms with van der Waals surface area (Å²) in [5, 5.41) is 24.3. The number of nitrogens with zero attached hydrogens (tertiary/aromatic N) is 5. The molecule has 2 atom stereocenters. The first-order valence-corrected chi connectivity index (χ1v) is 11.0. The highest BCUT2D eigenvalue weighted by Crippen LogP contribution is 2.41. The van der Waals surface area contributed by atoms with Crippen molar-refractivity contribution in [3.63, 3.8) is 0 Å². The molecule has 1 unspecified atom stereocenters. The second-order valence-corrected chi connectivity index (χ2v) is 8.69. The van der Waals surface area contributed by atoms with Gasteiger partial charge in [0.1, 0.15) is 23.7 Å². The van der Waals surface area contributed by atoms with Crippen LogP contribution in [0.4, 0.5) is 0 Å². The van der Waals surface area contributed by atoms with Crippen molar-refractivity contribution in [2.45, 2.75) is 36.0 Å². The van der Waals surface area contributed by atoms with Crippen LogP contribution in [-0.2, 0) is 16.1 Å². The van der Waals surface area contributed by atoms with Crippen molar-refractivity contribution in [3.05, 3.63) is 23.9 Å². The van der Waals surface area contributed by atoms with E-state index in [1.54, 1.807) is 6.08 Å². The minimum atomic E-state index is -1.13. The Morgan fingerprint density at radius 2 is 2.38 bits per heavy atom. The van der Waals surface area contributed by atoms with E-state index in [0.717, 1.165) is 6.42 Å². The molecule has 12 heteroatoms. The predicted molar refractivity (Wildman–Crippen MR) is 114 cm³/mol. The smallest absolute Gasteiger partial charge is 0.352 e. The monoisotopic (exact) mass is 450 g/mol. The molecule has 0 bridgehead atoms. The van der Waals surface area contributed by atoms with Crippen LogP contribution >= 0.6 is 35.7 Å². The number of fused-ring (bicyclic) bond motifs is 1. The van der Waals surface area contributed by atoms with Crippen molar-refractivity contribution in [1.29, 1.82) is 0 Å². The first kappa shape index (κ1) is 21.4. The normalized spacial score (nSPS) is 20.5. The van der Waals surface area contributed by atoms with Crippen LogP contribution in [-0.4, -0.2) is 70.0 Å². The molecule has 29 heavy (non-hydrogen) atoms. The number of β-lactam (4-membered cyclic amide) rings is 1. The molecule has 1 saturated heterocycles. The number of aromatic nitrogens is 4. The second-order valence-electron chi connectivity index (χ2n) is 6.15. The number of amides is 1. The van der Waals surface area contributed by atoms with E-state index in [4.69, 9.17) is 18.6 Å². The molecule has 2 aliphatic rings. The number of nitrogens with one attached hydrogen (secondary N) is 1. The second kappa shape index (κ2) is 9.43. The molecule has 9 nitrogen and oxygen atoms in total. The van der Waals surface area contributed by atoms with Gasteiger partial charge in [-0.1, -0.05) is 36.0 Å². The van der Waals surface area contributed by atoms with Gasteiger partial charge in [-0.3, -0.25) is 9.69 Å². The van der Waals surface area contributed by atoms with Gasteiger partial charge in [0.05, 0.1) is 4.99 Å². The first-order valence-electron chi connectivity index (χ1n) is 8.60. The molecule has 3 heterocycles. The van der Waals surface area contributed by atoms with E-state index in [0.29, 0.717) is 33.6 Å². The van der Waals surface area contributed by atoms with Crippen LogP contribution in [0.2, 0.25) is 0 Å². The third-order valence-corrected chi connectivity index (χ3v) is 6.96. The Morgan fingerprint density at radius 3 is 3.07 bits per heavy atom. The molecule has 1 aromatic heterocycles. The number of carbonyl (C=O) groups excluding carboxylic acids is 1. The van der Waals surface area contributed by atoms with E-state index in [9.17, 15) is 14.7 Å². The predicted octanol–water partition coefficient (Wildman–Crippen LogP) is 0.904. The number of carboxylic acid groups (broad SMARTS) is 1. The van der Waals surface area contributed by atoms with E-state index in [2.05, 4.69) is 33.3 Å². The molecule has 0 spiro atoms. The Labute approximate surface area is 181 Å². The van der Waals surface area contributed by atoms with Crippen molar-refractivity contribution < 1.29 is 14.7 Å². The largest absolute Gasteiger partial charge is 0.477 e. The summed E-state index contributed by atoms with van der Waals surface area (Å²) in [6.07, 6.45) is 8.37. The molecule has 0 aromatic carbocycles. The average Bonchev–Trinajstić information content (AvgIpc) is 3.15. The van der Waals surface area contributed by atoms with E-state index >= 15 is 0 Å². The molecule has 3 rings (SSSR count). The Bertz CT molecular complexity index is 922. The number of rotatable bonds is 9. The molecule has 0 aliphatic carbocycles. The number of thioether (sulfide) groups is 2. The zero-order valence-electron chi connectivity index (χ0n) is 15.3. The van der Waals surface area contributed by atoms with Gasteiger partial charge >= 0.3 is 5.97 Å². The molecule has 152 valence electrons. The van der Waals surface area contributed by atoms with Crippen molar-refractivity contribution in [1.82, 2.24) is 30.4 Å². The summed E-state index contributed by atoms with van der Waals surface area (Å²) in [5.74, 6) is 1.86. The highest BCUT2D eigenvalue weighted by Gasteiger charge is 2.53. The number of carbonyl (C=O) groups is 2. The van der Waals surface area contributed by atoms with Gasteiger partial charge in [-0.2, -0.15) is 0 Å². The van der Waals surface area contributed by atoms with Gasteiger partial charge in [-0.25, -0.2) is 9.48 Å². The van der Waals surface area contributed by atoms with Crippen molar-refractivity contribution in [2.75, 3.05) is 11.5 Å². The number of carboxylic acids is 1. The minimum Gasteiger partial charge on any atom is -0.477 e. The number of hydrogen-bond acceptors (Lipinski definition) is 8. The zero-order chi connectivity index (χ0) is 21.0. The topological polar surface area (TPSA) is 113 Å². The average molecular weight is 451 g/mol. The number of hydrogen-bond donors (Lipinski definition) is 2. The van der Waals surface area contributed by atoms with Crippen LogP contribution in [0.25, 0.3) is 0 Å². The Kier molecular flexibility index (Phi) is 6.94. The standard InChI is InChI=1S/C17H18N6O3S3/c1-3-5-6-11(27)18-12-14(24)23-13(16(25)26)10(8-28-15(12)23)9-29-17-19-20-21-22(17)7-4-2/h2-3,12,15H,1,5-9H2,(H,18,27)(H,25,26)/t12?,15-/m0/s1. The fraction of sp³-hybridized carbons (Fsp3) is 0.412. The lowest BCUT2D eigenvalue weighted by Gasteiger charge is -2.49. The van der Waals surface area contributed by atoms with E-state index < -0.39 is 12.0 Å². The van der Waals surface area contributed by atoms with Gasteiger partial charge in [0.2, 0.25) is 5.16 Å². The molecular formula is C17H18N6O3S3. The fourth-order valence-electron chi connectivity index (χ4n) is 2.91. The molecular weight excluding hydrogens is 432 g/mol. The molecule has 1 fully saturated rings. The molecule has 0 saturated carbocycles. The highest BCUT2D eigenvalue weighted by molar-refractivity contribution is 8.01. The third kappa shape index (κ3) is 4.47. The highest BCUT2D eigenvalue weighted by atomic mass is 32.2. The van der Waals surface area contributed by atoms with Gasteiger partial charge in [0.25, 0.3) is 5.91 Å². The minimum absolute atomic E-state index is 0.0253. The van der Waals surface area contributed by atoms with Crippen molar-refractivity contribution >= 4 is 52.6 Å². The van der Waals surface area contributed by atoms with Crippen LogP contribution in [0, 0.1) is 12.3 Å². The number of allylic oxidation sites excluding steroid dienone is 1. The van der Waals surface area contributed by atoms with Crippen LogP contribution < -0.4 is 5.32 Å². The molecule has 0 radical (unpaired) electrons. The molecule has 2 aliphatic heterocycles. The number of aliphatic carboxylic acids is 1. The fourth-order valence-corrected chi connectivity index (χ4v) is 5.52. The maximum Gasteiger partial charge on any atom is 0.352 e. The van der Waals surface area contributed by atoms with Crippen LogP contribution in [0.5, 0.6) is 0 Å². The van der Waals surface area contributed by atoms with Gasteiger partial charge in [0, 0.05) is 17.9 Å². The summed E-state index contributed by atoms with van der Waals surface area (Å²) < 4.78 is 1.46. The maximum atomic E-state index is 12.6. The lowest BCUT2D eigenvalue weighted by Crippen LogP contribution is -2.70. The Hall–Kier alpha value is -2.36. The number of terminal acetylenes is 1. The van der Waals surface area contributed by atoms with Gasteiger partial charge in [-0.05, 0) is 22.4 Å².